The van der Waals surface area contributed by atoms with Crippen LogP contribution >= 0.6 is 34.8 Å². The van der Waals surface area contributed by atoms with Gasteiger partial charge in [-0.1, -0.05) is 34.8 Å². The third-order valence-electron chi connectivity index (χ3n) is 2.94. The predicted octanol–water partition coefficient (Wildman–Crippen LogP) is 0.323. The van der Waals surface area contributed by atoms with E-state index in [0.29, 0.717) is 27.4 Å². The van der Waals surface area contributed by atoms with E-state index in [0.717, 1.165) is 11.4 Å². The van der Waals surface area contributed by atoms with Crippen LogP contribution in [0.2, 0.25) is 15.1 Å². The summed E-state index contributed by atoms with van der Waals surface area (Å²) in [4.78, 5) is 0. The van der Waals surface area contributed by atoms with Crippen molar-refractivity contribution in [2.24, 2.45) is 0 Å². The molecular formula is C14H16Cl4N2O2. The van der Waals surface area contributed by atoms with E-state index in [1.165, 1.54) is 0 Å². The van der Waals surface area contributed by atoms with Crippen molar-refractivity contribution in [3.8, 4) is 5.75 Å². The van der Waals surface area contributed by atoms with Crippen molar-refractivity contribution in [2.75, 3.05) is 6.61 Å². The van der Waals surface area contributed by atoms with Gasteiger partial charge in [0.15, 0.2) is 5.75 Å². The van der Waals surface area contributed by atoms with Crippen LogP contribution in [0.4, 0.5) is 0 Å². The maximum absolute atomic E-state index is 10.1. The van der Waals surface area contributed by atoms with Crippen LogP contribution in [-0.4, -0.2) is 22.9 Å². The number of hydrogen-bond donors (Lipinski definition) is 2. The highest BCUT2D eigenvalue weighted by molar-refractivity contribution is 6.40. The SMILES string of the molecule is Cc1cc(C)[n+](CC(O)COc2c(Cl)cc(Cl)cc2Cl)[nH]1.[Cl-]. The first-order valence-corrected chi connectivity index (χ1v) is 7.51. The van der Waals surface area contributed by atoms with Gasteiger partial charge in [-0.05, 0) is 19.1 Å². The highest BCUT2D eigenvalue weighted by Gasteiger charge is 2.18. The molecule has 0 aliphatic heterocycles. The Kier molecular flexibility index (Phi) is 7.29. The molecule has 0 bridgehead atoms. The summed E-state index contributed by atoms with van der Waals surface area (Å²) < 4.78 is 7.36. The third-order valence-corrected chi connectivity index (χ3v) is 3.72. The first kappa shape index (κ1) is 19.4. The molecule has 1 aromatic carbocycles. The average Bonchev–Trinajstić information content (AvgIpc) is 2.66. The number of benzene rings is 1. The van der Waals surface area contributed by atoms with Crippen LogP contribution < -0.4 is 21.8 Å². The Hall–Kier alpha value is -0.650. The lowest BCUT2D eigenvalue weighted by molar-refractivity contribution is -0.761. The quantitative estimate of drug-likeness (QED) is 0.728. The number of H-pyrrole nitrogens is 1. The number of halogens is 4. The van der Waals surface area contributed by atoms with Crippen LogP contribution in [0.5, 0.6) is 5.75 Å². The molecule has 1 unspecified atom stereocenters. The maximum atomic E-state index is 10.1. The maximum Gasteiger partial charge on any atom is 0.205 e. The number of aromatic nitrogens is 2. The number of aliphatic hydroxyl groups excluding tert-OH is 1. The largest absolute Gasteiger partial charge is 1.00 e. The average molecular weight is 386 g/mol. The summed E-state index contributed by atoms with van der Waals surface area (Å²) in [7, 11) is 0. The molecule has 0 amide bonds. The first-order valence-electron chi connectivity index (χ1n) is 6.38. The van der Waals surface area contributed by atoms with E-state index in [4.69, 9.17) is 39.5 Å². The third kappa shape index (κ3) is 4.93. The lowest BCUT2D eigenvalue weighted by Crippen LogP contribution is -3.00. The Balaban J connectivity index is 0.00000242. The molecule has 0 aliphatic rings. The van der Waals surface area contributed by atoms with Crippen molar-refractivity contribution < 1.29 is 26.9 Å². The fourth-order valence-corrected chi connectivity index (χ4v) is 2.95. The second-order valence-electron chi connectivity index (χ2n) is 4.85. The van der Waals surface area contributed by atoms with Crippen molar-refractivity contribution in [2.45, 2.75) is 26.5 Å². The van der Waals surface area contributed by atoms with Gasteiger partial charge in [0.1, 0.15) is 12.7 Å². The van der Waals surface area contributed by atoms with Gasteiger partial charge in [0.05, 0.1) is 15.7 Å². The summed E-state index contributed by atoms with van der Waals surface area (Å²) in [6.07, 6.45) is -0.699. The number of nitrogens with zero attached hydrogens (tertiary/aromatic N) is 1. The van der Waals surface area contributed by atoms with Crippen LogP contribution in [0.15, 0.2) is 18.2 Å². The Bertz CT molecular complexity index is 623. The number of hydrogen-bond acceptors (Lipinski definition) is 2. The molecule has 0 saturated carbocycles. The fourth-order valence-electron chi connectivity index (χ4n) is 2.02. The Labute approximate surface area is 150 Å². The topological polar surface area (TPSA) is 49.1 Å². The van der Waals surface area contributed by atoms with Crippen molar-refractivity contribution >= 4 is 34.8 Å². The summed E-state index contributed by atoms with van der Waals surface area (Å²) in [5, 5.41) is 14.3. The smallest absolute Gasteiger partial charge is 0.205 e. The van der Waals surface area contributed by atoms with Gasteiger partial charge in [-0.3, -0.25) is 0 Å². The second kappa shape index (κ2) is 8.27. The van der Waals surface area contributed by atoms with Gasteiger partial charge in [0.2, 0.25) is 12.2 Å². The second-order valence-corrected chi connectivity index (χ2v) is 6.11. The number of ether oxygens (including phenoxy) is 1. The van der Waals surface area contributed by atoms with E-state index in [9.17, 15) is 5.11 Å². The van der Waals surface area contributed by atoms with E-state index < -0.39 is 6.10 Å². The Morgan fingerprint density at radius 2 is 1.77 bits per heavy atom. The van der Waals surface area contributed by atoms with Crippen molar-refractivity contribution in [1.82, 2.24) is 5.10 Å². The van der Waals surface area contributed by atoms with E-state index in [1.807, 2.05) is 24.6 Å². The van der Waals surface area contributed by atoms with Gasteiger partial charge >= 0.3 is 0 Å². The normalized spacial score (nSPS) is 11.9. The molecule has 0 spiro atoms. The molecular weight excluding hydrogens is 370 g/mol. The van der Waals surface area contributed by atoms with Crippen LogP contribution in [0.3, 0.4) is 0 Å². The van der Waals surface area contributed by atoms with Crippen LogP contribution in [0.1, 0.15) is 11.4 Å². The zero-order chi connectivity index (χ0) is 15.6. The molecule has 8 heteroatoms. The van der Waals surface area contributed by atoms with Crippen LogP contribution in [0, 0.1) is 13.8 Å². The Morgan fingerprint density at radius 1 is 1.18 bits per heavy atom. The fraction of sp³-hybridized carbons (Fsp3) is 0.357. The number of rotatable bonds is 5. The molecule has 2 aromatic rings. The van der Waals surface area contributed by atoms with Crippen LogP contribution in [0.25, 0.3) is 0 Å². The van der Waals surface area contributed by atoms with E-state index in [2.05, 4.69) is 5.10 Å². The van der Waals surface area contributed by atoms with Gasteiger partial charge in [0, 0.05) is 18.0 Å². The molecule has 0 fully saturated rings. The minimum atomic E-state index is -0.699. The molecule has 2 N–H and O–H groups in total. The van der Waals surface area contributed by atoms with Crippen molar-refractivity contribution in [1.29, 1.82) is 0 Å². The molecule has 4 nitrogen and oxygen atoms in total. The zero-order valence-corrected chi connectivity index (χ0v) is 15.1. The monoisotopic (exact) mass is 384 g/mol. The highest BCUT2D eigenvalue weighted by Crippen LogP contribution is 2.35. The number of nitrogens with one attached hydrogen (secondary N) is 1. The summed E-state index contributed by atoms with van der Waals surface area (Å²) >= 11 is 17.9. The molecule has 2 rings (SSSR count). The van der Waals surface area contributed by atoms with E-state index >= 15 is 0 Å². The van der Waals surface area contributed by atoms with Gasteiger partial charge in [0.25, 0.3) is 0 Å². The van der Waals surface area contributed by atoms with Crippen molar-refractivity contribution in [3.63, 3.8) is 0 Å². The highest BCUT2D eigenvalue weighted by atomic mass is 35.5. The van der Waals surface area contributed by atoms with E-state index in [-0.39, 0.29) is 19.0 Å². The predicted molar refractivity (Wildman–Crippen MR) is 83.4 cm³/mol. The first-order chi connectivity index (χ1) is 9.86. The van der Waals surface area contributed by atoms with Crippen molar-refractivity contribution in [3.05, 3.63) is 44.7 Å². The number of aryl methyl sites for hydroxylation is 2. The molecule has 1 heterocycles. The van der Waals surface area contributed by atoms with E-state index in [1.54, 1.807) is 12.1 Å². The summed E-state index contributed by atoms with van der Waals surface area (Å²) in [6, 6.07) is 5.09. The molecule has 1 atom stereocenters. The molecule has 22 heavy (non-hydrogen) atoms. The summed E-state index contributed by atoms with van der Waals surface area (Å²) in [5.41, 5.74) is 2.07. The lowest BCUT2D eigenvalue weighted by atomic mass is 10.3. The van der Waals surface area contributed by atoms with Gasteiger partial charge in [-0.15, -0.1) is 4.68 Å². The number of aromatic amines is 1. The minimum absolute atomic E-state index is 0. The van der Waals surface area contributed by atoms with Gasteiger partial charge in [-0.2, -0.15) is 5.10 Å². The molecule has 0 radical (unpaired) electrons. The molecule has 0 aliphatic carbocycles. The molecule has 0 saturated heterocycles. The standard InChI is InChI=1S/C14H15Cl3N2O2.ClH/c1-8-3-9(2)19(18-8)6-11(20)7-21-14-12(16)4-10(15)5-13(14)17;/h3-5,11,20H,6-7H2,1-2H3;1H. The van der Waals surface area contributed by atoms with Crippen LogP contribution in [-0.2, 0) is 6.54 Å². The summed E-state index contributed by atoms with van der Waals surface area (Å²) in [5.74, 6) is 0.325. The lowest BCUT2D eigenvalue weighted by Gasteiger charge is -2.12. The molecule has 122 valence electrons. The van der Waals surface area contributed by atoms with Gasteiger partial charge < -0.3 is 22.3 Å². The van der Waals surface area contributed by atoms with Gasteiger partial charge in [-0.25, -0.2) is 0 Å². The molecule has 1 aromatic heterocycles. The number of aliphatic hydroxyl groups is 1. The zero-order valence-electron chi connectivity index (χ0n) is 12.0. The minimum Gasteiger partial charge on any atom is -1.00 e. The summed E-state index contributed by atoms with van der Waals surface area (Å²) in [6.45, 7) is 4.39. The Morgan fingerprint density at radius 3 is 2.27 bits per heavy atom.